The van der Waals surface area contributed by atoms with Crippen LogP contribution in [0.4, 0.5) is 0 Å². The summed E-state index contributed by atoms with van der Waals surface area (Å²) in [6, 6.07) is 3.94. The van der Waals surface area contributed by atoms with E-state index >= 15 is 0 Å². The minimum Gasteiger partial charge on any atom is -0.479 e. The molecule has 0 bridgehead atoms. The first-order valence-electron chi connectivity index (χ1n) is 6.37. The molecule has 2 aromatic rings. The van der Waals surface area contributed by atoms with E-state index in [1.807, 2.05) is 25.3 Å². The van der Waals surface area contributed by atoms with E-state index in [4.69, 9.17) is 9.84 Å². The third kappa shape index (κ3) is 3.15. The molecule has 1 aromatic heterocycles. The van der Waals surface area contributed by atoms with Gasteiger partial charge in [-0.15, -0.1) is 0 Å². The number of nitrogens with zero attached hydrogens (tertiary/aromatic N) is 2. The Morgan fingerprint density at radius 2 is 2.25 bits per heavy atom. The first kappa shape index (κ1) is 14.5. The van der Waals surface area contributed by atoms with Gasteiger partial charge >= 0.3 is 5.97 Å². The van der Waals surface area contributed by atoms with Crippen LogP contribution in [0.15, 0.2) is 18.3 Å². The van der Waals surface area contributed by atoms with Crippen molar-refractivity contribution in [2.75, 3.05) is 7.11 Å². The van der Waals surface area contributed by atoms with Crippen LogP contribution in [0.1, 0.15) is 17.5 Å². The van der Waals surface area contributed by atoms with E-state index in [0.717, 1.165) is 22.0 Å². The second-order valence-electron chi connectivity index (χ2n) is 4.83. The molecule has 0 unspecified atom stereocenters. The number of aliphatic hydroxyl groups is 1. The van der Waals surface area contributed by atoms with Gasteiger partial charge in [-0.2, -0.15) is 5.10 Å². The number of aliphatic hydroxyl groups excluding tert-OH is 1. The lowest BCUT2D eigenvalue weighted by Gasteiger charge is -2.06. The topological polar surface area (TPSA) is 84.6 Å². The molecule has 1 heterocycles. The number of benzene rings is 1. The lowest BCUT2D eigenvalue weighted by atomic mass is 10.0. The molecule has 0 saturated heterocycles. The molecule has 0 fully saturated rings. The summed E-state index contributed by atoms with van der Waals surface area (Å²) in [4.78, 5) is 10.6. The molecule has 2 N–H and O–H groups in total. The summed E-state index contributed by atoms with van der Waals surface area (Å²) in [5.41, 5.74) is 2.93. The Kier molecular flexibility index (Phi) is 4.36. The molecule has 0 aliphatic rings. The predicted octanol–water partition coefficient (Wildman–Crippen LogP) is 1.33. The van der Waals surface area contributed by atoms with E-state index in [-0.39, 0.29) is 6.42 Å². The van der Waals surface area contributed by atoms with Crippen LogP contribution >= 0.6 is 0 Å². The number of carbonyl (C=O) groups is 1. The van der Waals surface area contributed by atoms with Gasteiger partial charge in [-0.05, 0) is 37.0 Å². The maximum Gasteiger partial charge on any atom is 0.332 e. The molecule has 0 amide bonds. The standard InChI is InChI=1S/C14H18N2O4/c1-9-5-10(3-4-12(17)14(18)19)6-11-7-16(8-20-2)15-13(9)11/h5-7,12,17H,3-4,8H2,1-2H3,(H,18,19)/t12-/m1/s1. The summed E-state index contributed by atoms with van der Waals surface area (Å²) < 4.78 is 6.75. The molecule has 1 atom stereocenters. The summed E-state index contributed by atoms with van der Waals surface area (Å²) in [5, 5.41) is 23.4. The highest BCUT2D eigenvalue weighted by molar-refractivity contribution is 5.82. The third-order valence-corrected chi connectivity index (χ3v) is 3.16. The maximum atomic E-state index is 10.6. The van der Waals surface area contributed by atoms with Crippen molar-refractivity contribution in [3.8, 4) is 0 Å². The number of carboxylic acid groups (broad SMARTS) is 1. The maximum absolute atomic E-state index is 10.6. The number of aliphatic carboxylic acids is 1. The monoisotopic (exact) mass is 278 g/mol. The highest BCUT2D eigenvalue weighted by Crippen LogP contribution is 2.20. The average molecular weight is 278 g/mol. The minimum atomic E-state index is -1.32. The normalized spacial score (nSPS) is 12.8. The van der Waals surface area contributed by atoms with Crippen molar-refractivity contribution < 1.29 is 19.7 Å². The van der Waals surface area contributed by atoms with Crippen molar-refractivity contribution in [1.29, 1.82) is 0 Å². The van der Waals surface area contributed by atoms with Crippen LogP contribution in [0.2, 0.25) is 0 Å². The molecule has 0 aliphatic carbocycles. The second-order valence-corrected chi connectivity index (χ2v) is 4.83. The number of rotatable bonds is 6. The summed E-state index contributed by atoms with van der Waals surface area (Å²) >= 11 is 0. The first-order chi connectivity index (χ1) is 9.51. The molecule has 2 rings (SSSR count). The van der Waals surface area contributed by atoms with Gasteiger partial charge in [0.05, 0.1) is 5.52 Å². The molecular formula is C14H18N2O4. The smallest absolute Gasteiger partial charge is 0.332 e. The van der Waals surface area contributed by atoms with E-state index in [0.29, 0.717) is 13.2 Å². The molecule has 108 valence electrons. The van der Waals surface area contributed by atoms with Gasteiger partial charge in [-0.3, -0.25) is 0 Å². The fraction of sp³-hybridized carbons (Fsp3) is 0.429. The Balaban J connectivity index is 2.21. The van der Waals surface area contributed by atoms with Crippen molar-refractivity contribution in [2.24, 2.45) is 0 Å². The van der Waals surface area contributed by atoms with Crippen LogP contribution in [-0.4, -0.2) is 39.2 Å². The number of hydrogen-bond donors (Lipinski definition) is 2. The van der Waals surface area contributed by atoms with Crippen molar-refractivity contribution in [2.45, 2.75) is 32.6 Å². The fourth-order valence-corrected chi connectivity index (χ4v) is 2.21. The molecule has 0 saturated carbocycles. The number of carboxylic acids is 1. The van der Waals surface area contributed by atoms with E-state index in [2.05, 4.69) is 5.10 Å². The largest absolute Gasteiger partial charge is 0.479 e. The van der Waals surface area contributed by atoms with Gasteiger partial charge < -0.3 is 14.9 Å². The molecule has 0 spiro atoms. The lowest BCUT2D eigenvalue weighted by Crippen LogP contribution is -2.19. The van der Waals surface area contributed by atoms with Crippen LogP contribution in [-0.2, 0) is 22.7 Å². The summed E-state index contributed by atoms with van der Waals surface area (Å²) in [7, 11) is 1.61. The second kappa shape index (κ2) is 6.02. The van der Waals surface area contributed by atoms with Crippen molar-refractivity contribution in [1.82, 2.24) is 9.78 Å². The zero-order valence-corrected chi connectivity index (χ0v) is 11.5. The Morgan fingerprint density at radius 3 is 2.90 bits per heavy atom. The zero-order valence-electron chi connectivity index (χ0n) is 11.5. The minimum absolute atomic E-state index is 0.201. The Morgan fingerprint density at radius 1 is 1.50 bits per heavy atom. The highest BCUT2D eigenvalue weighted by Gasteiger charge is 2.13. The number of hydrogen-bond acceptors (Lipinski definition) is 4. The number of aryl methyl sites for hydroxylation is 2. The zero-order chi connectivity index (χ0) is 14.7. The Bertz CT molecular complexity index is 621. The Hall–Kier alpha value is -1.92. The molecule has 0 aliphatic heterocycles. The van der Waals surface area contributed by atoms with Gasteiger partial charge in [-0.1, -0.05) is 6.07 Å². The number of aromatic nitrogens is 2. The Labute approximate surface area is 116 Å². The van der Waals surface area contributed by atoms with Crippen LogP contribution in [0.5, 0.6) is 0 Å². The van der Waals surface area contributed by atoms with Crippen LogP contribution in [0, 0.1) is 6.92 Å². The number of ether oxygens (including phenoxy) is 1. The van der Waals surface area contributed by atoms with Gasteiger partial charge in [0, 0.05) is 18.7 Å². The SMILES string of the molecule is COCn1cc2cc(CC[C@@H](O)C(=O)O)cc(C)c2n1. The molecule has 0 radical (unpaired) electrons. The molecule has 6 heteroatoms. The van der Waals surface area contributed by atoms with Gasteiger partial charge in [0.25, 0.3) is 0 Å². The van der Waals surface area contributed by atoms with Crippen LogP contribution < -0.4 is 0 Å². The van der Waals surface area contributed by atoms with Crippen molar-refractivity contribution in [3.63, 3.8) is 0 Å². The van der Waals surface area contributed by atoms with Crippen molar-refractivity contribution in [3.05, 3.63) is 29.5 Å². The molecular weight excluding hydrogens is 260 g/mol. The predicted molar refractivity (Wildman–Crippen MR) is 73.4 cm³/mol. The quantitative estimate of drug-likeness (QED) is 0.832. The first-order valence-corrected chi connectivity index (χ1v) is 6.37. The van der Waals surface area contributed by atoms with E-state index < -0.39 is 12.1 Å². The van der Waals surface area contributed by atoms with Gasteiger partial charge in [0.2, 0.25) is 0 Å². The number of methoxy groups -OCH3 is 1. The highest BCUT2D eigenvalue weighted by atomic mass is 16.5. The summed E-state index contributed by atoms with van der Waals surface area (Å²) in [6.45, 7) is 2.35. The van der Waals surface area contributed by atoms with E-state index in [1.54, 1.807) is 11.8 Å². The molecule has 20 heavy (non-hydrogen) atoms. The van der Waals surface area contributed by atoms with Gasteiger partial charge in [-0.25, -0.2) is 9.48 Å². The third-order valence-electron chi connectivity index (χ3n) is 3.16. The number of fused-ring (bicyclic) bond motifs is 1. The lowest BCUT2D eigenvalue weighted by molar-refractivity contribution is -0.146. The summed E-state index contributed by atoms with van der Waals surface area (Å²) in [6.07, 6.45) is 1.29. The van der Waals surface area contributed by atoms with Gasteiger partial charge in [0.15, 0.2) is 6.10 Å². The van der Waals surface area contributed by atoms with E-state index in [1.165, 1.54) is 0 Å². The van der Waals surface area contributed by atoms with Crippen molar-refractivity contribution >= 4 is 16.9 Å². The summed E-state index contributed by atoms with van der Waals surface area (Å²) in [5.74, 6) is -1.18. The van der Waals surface area contributed by atoms with E-state index in [9.17, 15) is 9.90 Å². The average Bonchev–Trinajstić information content (AvgIpc) is 2.79. The molecule has 6 nitrogen and oxygen atoms in total. The molecule has 1 aromatic carbocycles. The van der Waals surface area contributed by atoms with Crippen LogP contribution in [0.3, 0.4) is 0 Å². The van der Waals surface area contributed by atoms with Crippen LogP contribution in [0.25, 0.3) is 10.9 Å². The van der Waals surface area contributed by atoms with Gasteiger partial charge in [0.1, 0.15) is 6.73 Å². The fourth-order valence-electron chi connectivity index (χ4n) is 2.21.